The summed E-state index contributed by atoms with van der Waals surface area (Å²) in [6.45, 7) is 1.76. The largest absolute Gasteiger partial charge is 0.286 e. The third-order valence-corrected chi connectivity index (χ3v) is 2.96. The maximum absolute atomic E-state index is 10.5. The topological polar surface area (TPSA) is 78.8 Å². The van der Waals surface area contributed by atoms with Gasteiger partial charge in [0, 0.05) is 5.71 Å². The summed E-state index contributed by atoms with van der Waals surface area (Å²) in [5, 5.41) is 3.85. The molecular weight excluding hydrogens is 212 g/mol. The van der Waals surface area contributed by atoms with Crippen molar-refractivity contribution in [2.24, 2.45) is 11.0 Å². The van der Waals surface area contributed by atoms with Gasteiger partial charge < -0.3 is 0 Å². The summed E-state index contributed by atoms with van der Waals surface area (Å²) in [5.41, 5.74) is 3.36. The summed E-state index contributed by atoms with van der Waals surface area (Å²) in [6.07, 6.45) is 0.278. The quantitative estimate of drug-likeness (QED) is 0.526. The van der Waals surface area contributed by atoms with Crippen LogP contribution in [0.15, 0.2) is 5.10 Å². The highest BCUT2D eigenvalue weighted by Gasteiger charge is 2.24. The first-order chi connectivity index (χ1) is 5.90. The van der Waals surface area contributed by atoms with Crippen LogP contribution in [0.5, 0.6) is 0 Å². The number of hydrogen-bond acceptors (Lipinski definition) is 4. The molecule has 13 heavy (non-hydrogen) atoms. The van der Waals surface area contributed by atoms with Crippen molar-refractivity contribution in [2.75, 3.05) is 5.75 Å². The highest BCUT2D eigenvalue weighted by Crippen LogP contribution is 2.13. The Kier molecular flexibility index (Phi) is 2.99. The number of nitrogens with zero attached hydrogens (tertiary/aromatic N) is 1. The van der Waals surface area contributed by atoms with E-state index in [1.165, 1.54) is 0 Å². The summed E-state index contributed by atoms with van der Waals surface area (Å²) in [6, 6.07) is 0. The van der Waals surface area contributed by atoms with E-state index in [-0.39, 0.29) is 18.1 Å². The summed E-state index contributed by atoms with van der Waals surface area (Å²) >= 11 is 4.90. The Hall–Kier alpha value is -0.530. The maximum atomic E-state index is 10.5. The predicted molar refractivity (Wildman–Crippen MR) is 53.4 cm³/mol. The molecule has 0 radical (unpaired) electrons. The monoisotopic (exact) mass is 222 g/mol. The Bertz CT molecular complexity index is 347. The van der Waals surface area contributed by atoms with Crippen molar-refractivity contribution in [3.05, 3.63) is 0 Å². The summed E-state index contributed by atoms with van der Waals surface area (Å²) < 4.78 is 29.4. The number of hydrogen-bond donors (Lipinski definition) is 2. The van der Waals surface area contributed by atoms with Gasteiger partial charge >= 0.3 is 0 Å². The minimum atomic E-state index is -3.90. The van der Waals surface area contributed by atoms with Crippen LogP contribution in [0.2, 0.25) is 0 Å². The van der Waals surface area contributed by atoms with Gasteiger partial charge in [-0.25, -0.2) is 0 Å². The lowest BCUT2D eigenvalue weighted by Gasteiger charge is -2.07. The molecule has 0 aromatic heterocycles. The lowest BCUT2D eigenvalue weighted by molar-refractivity contribution is 0.480. The molecule has 1 aliphatic heterocycles. The summed E-state index contributed by atoms with van der Waals surface area (Å²) in [5.74, 6) is -0.441. The van der Waals surface area contributed by atoms with Gasteiger partial charge in [-0.05, 0) is 13.3 Å². The number of hydrazone groups is 1. The predicted octanol–water partition coefficient (Wildman–Crippen LogP) is 0.187. The Balaban J connectivity index is 2.55. The molecule has 5 nitrogen and oxygen atoms in total. The third kappa shape index (κ3) is 3.02. The van der Waals surface area contributed by atoms with Gasteiger partial charge in [-0.3, -0.25) is 9.98 Å². The Morgan fingerprint density at radius 2 is 2.31 bits per heavy atom. The number of thiocarbonyl (C=S) groups is 1. The van der Waals surface area contributed by atoms with E-state index in [1.54, 1.807) is 6.92 Å². The molecule has 0 amide bonds. The highest BCUT2D eigenvalue weighted by molar-refractivity contribution is 7.85. The van der Waals surface area contributed by atoms with Crippen LogP contribution < -0.4 is 5.43 Å². The molecule has 74 valence electrons. The van der Waals surface area contributed by atoms with Crippen LogP contribution >= 0.6 is 12.2 Å². The highest BCUT2D eigenvalue weighted by atomic mass is 32.2. The van der Waals surface area contributed by atoms with Crippen molar-refractivity contribution in [3.63, 3.8) is 0 Å². The molecule has 0 spiro atoms. The molecule has 2 N–H and O–H groups in total. The number of rotatable bonds is 3. The second kappa shape index (κ2) is 3.69. The lowest BCUT2D eigenvalue weighted by atomic mass is 10.0. The third-order valence-electron chi connectivity index (χ3n) is 1.83. The van der Waals surface area contributed by atoms with Gasteiger partial charge in [0.05, 0.1) is 11.7 Å². The molecule has 0 aromatic carbocycles. The van der Waals surface area contributed by atoms with E-state index in [9.17, 15) is 8.42 Å². The molecule has 0 bridgehead atoms. The molecule has 0 saturated heterocycles. The Morgan fingerprint density at radius 3 is 2.69 bits per heavy atom. The van der Waals surface area contributed by atoms with Crippen LogP contribution in [0.1, 0.15) is 13.3 Å². The molecule has 1 atom stereocenters. The Morgan fingerprint density at radius 1 is 1.69 bits per heavy atom. The van der Waals surface area contributed by atoms with Gasteiger partial charge in [-0.1, -0.05) is 12.2 Å². The molecule has 7 heteroatoms. The molecular formula is C6H10N2O3S2. The van der Waals surface area contributed by atoms with Gasteiger partial charge in [0.15, 0.2) is 0 Å². The fraction of sp³-hybridized carbons (Fsp3) is 0.667. The van der Waals surface area contributed by atoms with Crippen molar-refractivity contribution < 1.29 is 13.0 Å². The first-order valence-corrected chi connectivity index (χ1v) is 5.71. The molecule has 1 unspecified atom stereocenters. The van der Waals surface area contributed by atoms with Gasteiger partial charge in [0.2, 0.25) is 0 Å². The van der Waals surface area contributed by atoms with Gasteiger partial charge in [-0.2, -0.15) is 13.5 Å². The first-order valence-electron chi connectivity index (χ1n) is 3.69. The van der Waals surface area contributed by atoms with E-state index in [4.69, 9.17) is 16.8 Å². The molecule has 0 fully saturated rings. The van der Waals surface area contributed by atoms with Crippen LogP contribution in [-0.4, -0.2) is 29.4 Å². The molecule has 1 rings (SSSR count). The zero-order chi connectivity index (χ0) is 10.1. The molecule has 0 saturated carbocycles. The minimum absolute atomic E-state index is 0.156. The van der Waals surface area contributed by atoms with Crippen molar-refractivity contribution in [2.45, 2.75) is 13.3 Å². The van der Waals surface area contributed by atoms with E-state index in [2.05, 4.69) is 10.5 Å². The van der Waals surface area contributed by atoms with Gasteiger partial charge in [0.1, 0.15) is 4.99 Å². The standard InChI is InChI=1S/C6H10N2O3S2/c1-4-5(6(12)8-7-4)2-3-13(9,10)11/h5H,2-3H2,1H3,(H,8,12)(H,9,10,11). The SMILES string of the molecule is CC1=NNC(=S)C1CCS(=O)(=O)O. The maximum Gasteiger partial charge on any atom is 0.264 e. The zero-order valence-electron chi connectivity index (χ0n) is 7.02. The summed E-state index contributed by atoms with van der Waals surface area (Å²) in [7, 11) is -3.90. The van der Waals surface area contributed by atoms with Crippen molar-refractivity contribution in [1.29, 1.82) is 0 Å². The minimum Gasteiger partial charge on any atom is -0.286 e. The first kappa shape index (κ1) is 10.6. The van der Waals surface area contributed by atoms with Gasteiger partial charge in [-0.15, -0.1) is 0 Å². The van der Waals surface area contributed by atoms with Crippen LogP contribution in [0.3, 0.4) is 0 Å². The second-order valence-electron chi connectivity index (χ2n) is 2.86. The normalized spacial score (nSPS) is 22.8. The fourth-order valence-electron chi connectivity index (χ4n) is 1.10. The van der Waals surface area contributed by atoms with Crippen molar-refractivity contribution >= 4 is 33.0 Å². The van der Waals surface area contributed by atoms with E-state index >= 15 is 0 Å². The van der Waals surface area contributed by atoms with Gasteiger partial charge in [0.25, 0.3) is 10.1 Å². The van der Waals surface area contributed by atoms with E-state index in [0.717, 1.165) is 5.71 Å². The van der Waals surface area contributed by atoms with Crippen LogP contribution in [-0.2, 0) is 10.1 Å². The zero-order valence-corrected chi connectivity index (χ0v) is 8.65. The van der Waals surface area contributed by atoms with Crippen molar-refractivity contribution in [3.8, 4) is 0 Å². The molecule has 0 aromatic rings. The average molecular weight is 222 g/mol. The Labute approximate surface area is 82.0 Å². The molecule has 0 aliphatic carbocycles. The number of nitrogens with one attached hydrogen (secondary N) is 1. The van der Waals surface area contributed by atoms with E-state index in [1.807, 2.05) is 0 Å². The van der Waals surface area contributed by atoms with Crippen LogP contribution in [0.25, 0.3) is 0 Å². The molecule has 1 heterocycles. The smallest absolute Gasteiger partial charge is 0.264 e. The van der Waals surface area contributed by atoms with E-state index < -0.39 is 10.1 Å². The average Bonchev–Trinajstić information content (AvgIpc) is 2.27. The van der Waals surface area contributed by atoms with Crippen LogP contribution in [0.4, 0.5) is 0 Å². The lowest BCUT2D eigenvalue weighted by Crippen LogP contribution is -2.23. The molecule has 1 aliphatic rings. The summed E-state index contributed by atoms with van der Waals surface area (Å²) in [4.78, 5) is 0.515. The van der Waals surface area contributed by atoms with E-state index in [0.29, 0.717) is 4.99 Å². The van der Waals surface area contributed by atoms with Crippen LogP contribution in [0, 0.1) is 5.92 Å². The second-order valence-corrected chi connectivity index (χ2v) is 4.87. The fourth-order valence-corrected chi connectivity index (χ4v) is 1.96. The van der Waals surface area contributed by atoms with Crippen molar-refractivity contribution in [1.82, 2.24) is 5.43 Å².